The zero-order valence-electron chi connectivity index (χ0n) is 11.7. The van der Waals surface area contributed by atoms with Gasteiger partial charge in [0, 0.05) is 5.56 Å². The van der Waals surface area contributed by atoms with Crippen LogP contribution in [0.25, 0.3) is 6.08 Å². The molecule has 0 aliphatic carbocycles. The fraction of sp³-hybridized carbons (Fsp3) is 0.0625. The lowest BCUT2D eigenvalue weighted by Gasteiger charge is -2.19. The Morgan fingerprint density at radius 1 is 1.05 bits per heavy atom. The van der Waals surface area contributed by atoms with Gasteiger partial charge in [-0.25, -0.2) is 8.42 Å². The molecular formula is C16H13NO4S. The lowest BCUT2D eigenvalue weighted by atomic mass is 10.1. The number of fused-ring (bicyclic) bond motifs is 1. The second-order valence-corrected chi connectivity index (χ2v) is 6.41. The third-order valence-corrected chi connectivity index (χ3v) is 4.76. The van der Waals surface area contributed by atoms with Crippen molar-refractivity contribution >= 4 is 21.9 Å². The van der Waals surface area contributed by atoms with Crippen LogP contribution in [-0.2, 0) is 10.0 Å². The molecule has 0 unspecified atom stereocenters. The number of carbonyl (C=O) groups is 1. The number of allylic oxidation sites excluding steroid dienone is 1. The first kappa shape index (κ1) is 14.3. The highest BCUT2D eigenvalue weighted by atomic mass is 32.2. The van der Waals surface area contributed by atoms with E-state index in [-0.39, 0.29) is 21.9 Å². The van der Waals surface area contributed by atoms with Gasteiger partial charge in [0.15, 0.2) is 0 Å². The average Bonchev–Trinajstić information content (AvgIpc) is 2.53. The Bertz CT molecular complexity index is 867. The smallest absolute Gasteiger partial charge is 0.262 e. The molecule has 0 spiro atoms. The van der Waals surface area contributed by atoms with E-state index in [0.29, 0.717) is 11.3 Å². The Labute approximate surface area is 128 Å². The van der Waals surface area contributed by atoms with Crippen LogP contribution >= 0.6 is 0 Å². The highest BCUT2D eigenvalue weighted by Gasteiger charge is 2.31. The molecule has 22 heavy (non-hydrogen) atoms. The monoisotopic (exact) mass is 315 g/mol. The maximum atomic E-state index is 12.4. The van der Waals surface area contributed by atoms with E-state index in [9.17, 15) is 13.2 Å². The number of nitrogens with one attached hydrogen (secondary N) is 1. The summed E-state index contributed by atoms with van der Waals surface area (Å²) in [6.07, 6.45) is 1.51. The number of benzene rings is 2. The number of hydrogen-bond acceptors (Lipinski definition) is 4. The summed E-state index contributed by atoms with van der Waals surface area (Å²) in [7, 11) is -2.16. The van der Waals surface area contributed by atoms with Gasteiger partial charge in [0.2, 0.25) is 5.78 Å². The standard InChI is InChI=1S/C16H13NO4S/c1-21-12-8-6-11(7-9-12)10-14-16(18)13-4-2-3-5-15(13)22(19,20)17-14/h2-10,17H,1H3. The maximum Gasteiger partial charge on any atom is 0.262 e. The van der Waals surface area contributed by atoms with Gasteiger partial charge in [0.25, 0.3) is 10.0 Å². The van der Waals surface area contributed by atoms with Gasteiger partial charge in [0.1, 0.15) is 5.75 Å². The highest BCUT2D eigenvalue weighted by molar-refractivity contribution is 7.90. The number of rotatable bonds is 2. The van der Waals surface area contributed by atoms with Gasteiger partial charge < -0.3 is 4.74 Å². The van der Waals surface area contributed by atoms with Crippen molar-refractivity contribution in [2.75, 3.05) is 7.11 Å². The fourth-order valence-electron chi connectivity index (χ4n) is 2.24. The van der Waals surface area contributed by atoms with Crippen molar-refractivity contribution in [3.63, 3.8) is 0 Å². The van der Waals surface area contributed by atoms with Crippen molar-refractivity contribution in [3.8, 4) is 5.75 Å². The second-order valence-electron chi connectivity index (χ2n) is 4.76. The molecule has 5 nitrogen and oxygen atoms in total. The molecule has 0 bridgehead atoms. The number of hydrogen-bond donors (Lipinski definition) is 1. The summed E-state index contributed by atoms with van der Waals surface area (Å²) in [5.74, 6) is 0.337. The Kier molecular flexibility index (Phi) is 3.46. The third kappa shape index (κ3) is 2.48. The van der Waals surface area contributed by atoms with Gasteiger partial charge in [-0.2, -0.15) is 0 Å². The summed E-state index contributed by atoms with van der Waals surface area (Å²) < 4.78 is 31.8. The number of Topliss-reactive ketones (excluding diaryl/α,β-unsaturated/α-hetero) is 1. The molecule has 0 atom stereocenters. The summed E-state index contributed by atoms with van der Waals surface area (Å²) in [5, 5.41) is 0. The van der Waals surface area contributed by atoms with Crippen LogP contribution in [0.3, 0.4) is 0 Å². The van der Waals surface area contributed by atoms with Crippen molar-refractivity contribution in [3.05, 3.63) is 65.4 Å². The molecule has 0 amide bonds. The van der Waals surface area contributed by atoms with Crippen LogP contribution < -0.4 is 9.46 Å². The van der Waals surface area contributed by atoms with Crippen LogP contribution in [0.2, 0.25) is 0 Å². The second kappa shape index (κ2) is 5.31. The number of ether oxygens (including phenoxy) is 1. The minimum absolute atomic E-state index is 0.00637. The molecule has 1 heterocycles. The zero-order chi connectivity index (χ0) is 15.7. The highest BCUT2D eigenvalue weighted by Crippen LogP contribution is 2.25. The van der Waals surface area contributed by atoms with Crippen LogP contribution in [0.5, 0.6) is 5.75 Å². The first-order valence-corrected chi connectivity index (χ1v) is 8.02. The van der Waals surface area contributed by atoms with Crippen molar-refractivity contribution < 1.29 is 17.9 Å². The van der Waals surface area contributed by atoms with Crippen LogP contribution in [0.15, 0.2) is 59.1 Å². The fourth-order valence-corrected chi connectivity index (χ4v) is 3.50. The molecule has 0 saturated heterocycles. The van der Waals surface area contributed by atoms with E-state index in [1.165, 1.54) is 18.2 Å². The van der Waals surface area contributed by atoms with Crippen molar-refractivity contribution in [1.82, 2.24) is 4.72 Å². The lowest BCUT2D eigenvalue weighted by Crippen LogP contribution is -2.34. The molecule has 2 aromatic rings. The number of carbonyl (C=O) groups excluding carboxylic acids is 1. The molecule has 6 heteroatoms. The van der Waals surface area contributed by atoms with E-state index in [1.54, 1.807) is 43.5 Å². The molecule has 0 fully saturated rings. The predicted molar refractivity (Wildman–Crippen MR) is 82.1 cm³/mol. The Morgan fingerprint density at radius 3 is 2.41 bits per heavy atom. The minimum atomic E-state index is -3.72. The summed E-state index contributed by atoms with van der Waals surface area (Å²) >= 11 is 0. The molecule has 1 aliphatic heterocycles. The molecule has 1 aliphatic rings. The maximum absolute atomic E-state index is 12.4. The van der Waals surface area contributed by atoms with Gasteiger partial charge in [-0.3, -0.25) is 9.52 Å². The SMILES string of the molecule is COc1ccc(C=C2NS(=O)(=O)c3ccccc3C2=O)cc1. The molecule has 2 aromatic carbocycles. The largest absolute Gasteiger partial charge is 0.497 e. The average molecular weight is 315 g/mol. The first-order valence-electron chi connectivity index (χ1n) is 6.53. The minimum Gasteiger partial charge on any atom is -0.497 e. The van der Waals surface area contributed by atoms with E-state index >= 15 is 0 Å². The summed E-state index contributed by atoms with van der Waals surface area (Å²) in [6.45, 7) is 0. The van der Waals surface area contributed by atoms with Gasteiger partial charge in [-0.15, -0.1) is 0 Å². The van der Waals surface area contributed by atoms with Gasteiger partial charge in [0.05, 0.1) is 17.7 Å². The third-order valence-electron chi connectivity index (χ3n) is 3.34. The number of methoxy groups -OCH3 is 1. The Balaban J connectivity index is 2.06. The molecule has 3 rings (SSSR count). The zero-order valence-corrected chi connectivity index (χ0v) is 12.6. The molecular weight excluding hydrogens is 302 g/mol. The topological polar surface area (TPSA) is 72.5 Å². The van der Waals surface area contributed by atoms with E-state index in [1.807, 2.05) is 0 Å². The van der Waals surface area contributed by atoms with Crippen LogP contribution in [0, 0.1) is 0 Å². The quantitative estimate of drug-likeness (QED) is 0.863. The van der Waals surface area contributed by atoms with Gasteiger partial charge >= 0.3 is 0 Å². The molecule has 0 radical (unpaired) electrons. The van der Waals surface area contributed by atoms with E-state index in [4.69, 9.17) is 4.74 Å². The lowest BCUT2D eigenvalue weighted by molar-refractivity contribution is 0.102. The normalized spacial score (nSPS) is 17.7. The van der Waals surface area contributed by atoms with Gasteiger partial charge in [-0.05, 0) is 35.9 Å². The van der Waals surface area contributed by atoms with Crippen molar-refractivity contribution in [2.45, 2.75) is 4.90 Å². The Hall–Kier alpha value is -2.60. The molecule has 0 aromatic heterocycles. The van der Waals surface area contributed by atoms with Crippen molar-refractivity contribution in [2.24, 2.45) is 0 Å². The number of sulfonamides is 1. The summed E-state index contributed by atoms with van der Waals surface area (Å²) in [5.41, 5.74) is 0.913. The van der Waals surface area contributed by atoms with Crippen LogP contribution in [0.1, 0.15) is 15.9 Å². The Morgan fingerprint density at radius 2 is 1.73 bits per heavy atom. The van der Waals surface area contributed by atoms with Crippen molar-refractivity contribution in [1.29, 1.82) is 0 Å². The molecule has 0 saturated carbocycles. The number of ketones is 1. The predicted octanol–water partition coefficient (Wildman–Crippen LogP) is 2.21. The van der Waals surface area contributed by atoms with Crippen LogP contribution in [-0.4, -0.2) is 21.3 Å². The van der Waals surface area contributed by atoms with E-state index in [0.717, 1.165) is 0 Å². The molecule has 1 N–H and O–H groups in total. The van der Waals surface area contributed by atoms with E-state index < -0.39 is 10.0 Å². The summed E-state index contributed by atoms with van der Waals surface area (Å²) in [6, 6.07) is 13.1. The first-order chi connectivity index (χ1) is 10.5. The summed E-state index contributed by atoms with van der Waals surface area (Å²) in [4.78, 5) is 12.4. The van der Waals surface area contributed by atoms with Crippen LogP contribution in [0.4, 0.5) is 0 Å². The molecule has 112 valence electrons. The van der Waals surface area contributed by atoms with Gasteiger partial charge in [-0.1, -0.05) is 24.3 Å². The van der Waals surface area contributed by atoms with E-state index in [2.05, 4.69) is 4.72 Å².